The third-order valence-electron chi connectivity index (χ3n) is 2.44. The van der Waals surface area contributed by atoms with Gasteiger partial charge in [0, 0.05) is 6.04 Å². The number of nitrogens with one attached hydrogen (secondary N) is 1. The lowest BCUT2D eigenvalue weighted by molar-refractivity contribution is 0.323. The summed E-state index contributed by atoms with van der Waals surface area (Å²) in [6.07, 6.45) is 0. The smallest absolute Gasteiger partial charge is 0.203 e. The van der Waals surface area contributed by atoms with Crippen LogP contribution in [-0.4, -0.2) is 21.3 Å². The molecule has 1 unspecified atom stereocenters. The van der Waals surface area contributed by atoms with E-state index in [1.165, 1.54) is 0 Å². The molecule has 0 aromatic heterocycles. The number of nitrogens with two attached hydrogens (primary N) is 1. The van der Waals surface area contributed by atoms with Crippen molar-refractivity contribution in [3.05, 3.63) is 17.7 Å². The summed E-state index contributed by atoms with van der Waals surface area (Å²) in [5.74, 6) is 7.22. The van der Waals surface area contributed by atoms with Gasteiger partial charge in [-0.1, -0.05) is 0 Å². The van der Waals surface area contributed by atoms with Crippen LogP contribution in [-0.2, 0) is 0 Å². The van der Waals surface area contributed by atoms with Crippen molar-refractivity contribution >= 4 is 0 Å². The average molecular weight is 226 g/mol. The summed E-state index contributed by atoms with van der Waals surface area (Å²) >= 11 is 0. The normalized spacial score (nSPS) is 12.1. The predicted octanol–water partition coefficient (Wildman–Crippen LogP) is 1.24. The molecule has 0 radical (unpaired) electrons. The number of hydrazine groups is 1. The maximum absolute atomic E-state index is 5.39. The third kappa shape index (κ3) is 2.37. The SMILES string of the molecule is COc1cc(C(C)NN)cc(OC)c1OC. The van der Waals surface area contributed by atoms with Gasteiger partial charge in [0.25, 0.3) is 0 Å². The molecular formula is C11H18N2O3. The zero-order chi connectivity index (χ0) is 12.1. The zero-order valence-electron chi connectivity index (χ0n) is 10.0. The zero-order valence-corrected chi connectivity index (χ0v) is 10.0. The fraction of sp³-hybridized carbons (Fsp3) is 0.455. The van der Waals surface area contributed by atoms with Crippen LogP contribution in [0.5, 0.6) is 17.2 Å². The summed E-state index contributed by atoms with van der Waals surface area (Å²) in [5.41, 5.74) is 3.64. The van der Waals surface area contributed by atoms with Crippen molar-refractivity contribution in [3.63, 3.8) is 0 Å². The number of hydrogen-bond acceptors (Lipinski definition) is 5. The average Bonchev–Trinajstić information content (AvgIpc) is 2.35. The van der Waals surface area contributed by atoms with E-state index in [4.69, 9.17) is 20.1 Å². The molecule has 1 aromatic rings. The standard InChI is InChI=1S/C11H18N2O3/c1-7(13-12)8-5-9(14-2)11(16-4)10(6-8)15-3/h5-7,13H,12H2,1-4H3. The predicted molar refractivity (Wildman–Crippen MR) is 61.8 cm³/mol. The second kappa shape index (κ2) is 5.58. The van der Waals surface area contributed by atoms with E-state index >= 15 is 0 Å². The molecule has 1 rings (SSSR count). The van der Waals surface area contributed by atoms with Gasteiger partial charge in [-0.3, -0.25) is 11.3 Å². The third-order valence-corrected chi connectivity index (χ3v) is 2.44. The molecule has 0 aliphatic carbocycles. The Bertz CT molecular complexity index is 330. The van der Waals surface area contributed by atoms with Crippen LogP contribution in [0.2, 0.25) is 0 Å². The van der Waals surface area contributed by atoms with E-state index in [-0.39, 0.29) is 6.04 Å². The lowest BCUT2D eigenvalue weighted by atomic mass is 10.1. The summed E-state index contributed by atoms with van der Waals surface area (Å²) in [6, 6.07) is 3.74. The minimum absolute atomic E-state index is 0.00806. The fourth-order valence-electron chi connectivity index (χ4n) is 1.45. The van der Waals surface area contributed by atoms with Crippen molar-refractivity contribution in [3.8, 4) is 17.2 Å². The summed E-state index contributed by atoms with van der Waals surface area (Å²) in [5, 5.41) is 0. The first kappa shape index (κ1) is 12.6. The molecule has 16 heavy (non-hydrogen) atoms. The topological polar surface area (TPSA) is 65.7 Å². The van der Waals surface area contributed by atoms with Crippen LogP contribution in [0.3, 0.4) is 0 Å². The highest BCUT2D eigenvalue weighted by molar-refractivity contribution is 5.54. The molecule has 90 valence electrons. The quantitative estimate of drug-likeness (QED) is 0.584. The minimum atomic E-state index is 0.00806. The molecule has 0 saturated heterocycles. The van der Waals surface area contributed by atoms with Crippen LogP contribution in [0.4, 0.5) is 0 Å². The molecule has 0 saturated carbocycles. The van der Waals surface area contributed by atoms with Gasteiger partial charge in [-0.05, 0) is 24.6 Å². The number of benzene rings is 1. The molecule has 0 aliphatic rings. The van der Waals surface area contributed by atoms with Gasteiger partial charge >= 0.3 is 0 Å². The van der Waals surface area contributed by atoms with Gasteiger partial charge in [0.2, 0.25) is 5.75 Å². The molecular weight excluding hydrogens is 208 g/mol. The summed E-state index contributed by atoms with van der Waals surface area (Å²) < 4.78 is 15.7. The molecule has 0 spiro atoms. The van der Waals surface area contributed by atoms with Gasteiger partial charge in [-0.15, -0.1) is 0 Å². The molecule has 1 atom stereocenters. The highest BCUT2D eigenvalue weighted by Crippen LogP contribution is 2.39. The van der Waals surface area contributed by atoms with Gasteiger partial charge in [0.1, 0.15) is 0 Å². The summed E-state index contributed by atoms with van der Waals surface area (Å²) in [6.45, 7) is 1.95. The maximum Gasteiger partial charge on any atom is 0.203 e. The minimum Gasteiger partial charge on any atom is -0.493 e. The number of rotatable bonds is 5. The van der Waals surface area contributed by atoms with Gasteiger partial charge in [-0.25, -0.2) is 0 Å². The Hall–Kier alpha value is -1.46. The molecule has 1 aromatic carbocycles. The van der Waals surface area contributed by atoms with E-state index < -0.39 is 0 Å². The first-order chi connectivity index (χ1) is 7.67. The van der Waals surface area contributed by atoms with E-state index in [1.54, 1.807) is 21.3 Å². The van der Waals surface area contributed by atoms with E-state index in [2.05, 4.69) is 5.43 Å². The van der Waals surface area contributed by atoms with Crippen molar-refractivity contribution in [2.75, 3.05) is 21.3 Å². The summed E-state index contributed by atoms with van der Waals surface area (Å²) in [7, 11) is 4.74. The Balaban J connectivity index is 3.25. The van der Waals surface area contributed by atoms with Crippen LogP contribution in [0.25, 0.3) is 0 Å². The van der Waals surface area contributed by atoms with Crippen molar-refractivity contribution in [1.82, 2.24) is 5.43 Å². The molecule has 0 aliphatic heterocycles. The lowest BCUT2D eigenvalue weighted by Gasteiger charge is -2.17. The van der Waals surface area contributed by atoms with Crippen molar-refractivity contribution in [2.24, 2.45) is 5.84 Å². The Morgan fingerprint density at radius 2 is 1.56 bits per heavy atom. The van der Waals surface area contributed by atoms with E-state index in [0.717, 1.165) is 5.56 Å². The largest absolute Gasteiger partial charge is 0.493 e. The maximum atomic E-state index is 5.39. The van der Waals surface area contributed by atoms with Gasteiger partial charge in [0.15, 0.2) is 11.5 Å². The van der Waals surface area contributed by atoms with Crippen molar-refractivity contribution in [1.29, 1.82) is 0 Å². The Kier molecular flexibility index (Phi) is 4.39. The van der Waals surface area contributed by atoms with Crippen LogP contribution in [0.1, 0.15) is 18.5 Å². The van der Waals surface area contributed by atoms with E-state index in [1.807, 2.05) is 19.1 Å². The first-order valence-electron chi connectivity index (χ1n) is 4.94. The van der Waals surface area contributed by atoms with Gasteiger partial charge in [0.05, 0.1) is 21.3 Å². The van der Waals surface area contributed by atoms with E-state index in [0.29, 0.717) is 17.2 Å². The number of methoxy groups -OCH3 is 3. The van der Waals surface area contributed by atoms with Crippen molar-refractivity contribution < 1.29 is 14.2 Å². The van der Waals surface area contributed by atoms with Crippen LogP contribution in [0.15, 0.2) is 12.1 Å². The monoisotopic (exact) mass is 226 g/mol. The number of ether oxygens (including phenoxy) is 3. The Morgan fingerprint density at radius 3 is 1.88 bits per heavy atom. The fourth-order valence-corrected chi connectivity index (χ4v) is 1.45. The van der Waals surface area contributed by atoms with Crippen molar-refractivity contribution in [2.45, 2.75) is 13.0 Å². The molecule has 0 bridgehead atoms. The summed E-state index contributed by atoms with van der Waals surface area (Å²) in [4.78, 5) is 0. The molecule has 0 heterocycles. The second-order valence-corrected chi connectivity index (χ2v) is 3.35. The van der Waals surface area contributed by atoms with Gasteiger partial charge in [-0.2, -0.15) is 0 Å². The molecule has 3 N–H and O–H groups in total. The van der Waals surface area contributed by atoms with Gasteiger partial charge < -0.3 is 14.2 Å². The highest BCUT2D eigenvalue weighted by atomic mass is 16.5. The Morgan fingerprint density at radius 1 is 1.06 bits per heavy atom. The molecule has 0 fully saturated rings. The highest BCUT2D eigenvalue weighted by Gasteiger charge is 2.15. The first-order valence-corrected chi connectivity index (χ1v) is 4.94. The van der Waals surface area contributed by atoms with Crippen LogP contribution in [0, 0.1) is 0 Å². The molecule has 5 heteroatoms. The Labute approximate surface area is 95.5 Å². The molecule has 0 amide bonds. The lowest BCUT2D eigenvalue weighted by Crippen LogP contribution is -2.25. The number of hydrogen-bond donors (Lipinski definition) is 2. The van der Waals surface area contributed by atoms with Crippen LogP contribution < -0.4 is 25.5 Å². The second-order valence-electron chi connectivity index (χ2n) is 3.35. The van der Waals surface area contributed by atoms with E-state index in [9.17, 15) is 0 Å². The molecule has 5 nitrogen and oxygen atoms in total. The van der Waals surface area contributed by atoms with Crippen LogP contribution >= 0.6 is 0 Å².